The van der Waals surface area contributed by atoms with Crippen molar-refractivity contribution in [2.75, 3.05) is 0 Å². The minimum Gasteiger partial charge on any atom is -0.350 e. The Morgan fingerprint density at radius 2 is 1.79 bits per heavy atom. The topological polar surface area (TPSA) is 46.2 Å². The van der Waals surface area contributed by atoms with Crippen molar-refractivity contribution < 1.29 is 22.8 Å². The van der Waals surface area contributed by atoms with Gasteiger partial charge in [0.1, 0.15) is 0 Å². The fourth-order valence-corrected chi connectivity index (χ4v) is 2.84. The van der Waals surface area contributed by atoms with Gasteiger partial charge >= 0.3 is 6.18 Å². The molecule has 1 aromatic carbocycles. The number of alkyl halides is 3. The molecule has 24 heavy (non-hydrogen) atoms. The van der Waals surface area contributed by atoms with E-state index < -0.39 is 17.8 Å². The number of carbonyl (C=O) groups excluding carboxylic acids is 2. The van der Waals surface area contributed by atoms with E-state index in [2.05, 4.69) is 5.32 Å². The Morgan fingerprint density at radius 3 is 2.33 bits per heavy atom. The molecule has 1 heterocycles. The number of thiophene rings is 1. The summed E-state index contributed by atoms with van der Waals surface area (Å²) in [5.74, 6) is -0.408. The Balaban J connectivity index is 1.86. The smallest absolute Gasteiger partial charge is 0.350 e. The summed E-state index contributed by atoms with van der Waals surface area (Å²) in [6.07, 6.45) is -4.24. The van der Waals surface area contributed by atoms with Crippen LogP contribution in [0.15, 0.2) is 41.8 Å². The van der Waals surface area contributed by atoms with Gasteiger partial charge in [-0.25, -0.2) is 0 Å². The average molecular weight is 355 g/mol. The molecule has 0 aliphatic rings. The molecule has 0 fully saturated rings. The molecule has 7 heteroatoms. The Kier molecular flexibility index (Phi) is 5.77. The zero-order valence-electron chi connectivity index (χ0n) is 12.9. The maximum Gasteiger partial charge on any atom is 0.416 e. The molecule has 0 saturated heterocycles. The number of rotatable bonds is 6. The summed E-state index contributed by atoms with van der Waals surface area (Å²) in [6.45, 7) is 1.68. The molecule has 1 aromatic heterocycles. The van der Waals surface area contributed by atoms with E-state index in [0.29, 0.717) is 10.4 Å². The minimum atomic E-state index is -4.38. The quantitative estimate of drug-likeness (QED) is 0.770. The number of benzene rings is 1. The standard InChI is InChI=1S/C17H16F3NO2S/c1-11(12-4-6-13(7-5-12)17(18,19)20)21-16(23)9-8-14(22)15-3-2-10-24-15/h2-7,10-11H,8-9H2,1H3,(H,21,23). The highest BCUT2D eigenvalue weighted by atomic mass is 32.1. The molecule has 0 bridgehead atoms. The summed E-state index contributed by atoms with van der Waals surface area (Å²) in [6, 6.07) is 7.68. The molecule has 2 aromatic rings. The van der Waals surface area contributed by atoms with Gasteiger partial charge in [0.05, 0.1) is 16.5 Å². The van der Waals surface area contributed by atoms with Crippen LogP contribution in [0.2, 0.25) is 0 Å². The zero-order valence-corrected chi connectivity index (χ0v) is 13.7. The summed E-state index contributed by atoms with van der Waals surface area (Å²) in [5.41, 5.74) is -0.160. The number of carbonyl (C=O) groups is 2. The van der Waals surface area contributed by atoms with Crippen molar-refractivity contribution in [2.45, 2.75) is 32.0 Å². The molecule has 0 aliphatic heterocycles. The molecule has 128 valence electrons. The normalized spacial score (nSPS) is 12.7. The molecule has 3 nitrogen and oxygen atoms in total. The Bertz CT molecular complexity index is 694. The van der Waals surface area contributed by atoms with Gasteiger partial charge < -0.3 is 5.32 Å². The van der Waals surface area contributed by atoms with Crippen LogP contribution in [0, 0.1) is 0 Å². The van der Waals surface area contributed by atoms with Crippen LogP contribution in [0.5, 0.6) is 0 Å². The third-order valence-electron chi connectivity index (χ3n) is 3.49. The lowest BCUT2D eigenvalue weighted by Gasteiger charge is -2.15. The lowest BCUT2D eigenvalue weighted by atomic mass is 10.1. The first-order valence-electron chi connectivity index (χ1n) is 7.30. The van der Waals surface area contributed by atoms with E-state index >= 15 is 0 Å². The van der Waals surface area contributed by atoms with Gasteiger partial charge in [-0.05, 0) is 36.1 Å². The average Bonchev–Trinajstić information content (AvgIpc) is 3.06. The fourth-order valence-electron chi connectivity index (χ4n) is 2.15. The van der Waals surface area contributed by atoms with Crippen molar-refractivity contribution >= 4 is 23.0 Å². The van der Waals surface area contributed by atoms with Crippen molar-refractivity contribution in [2.24, 2.45) is 0 Å². The lowest BCUT2D eigenvalue weighted by Crippen LogP contribution is -2.27. The molecule has 1 amide bonds. The highest BCUT2D eigenvalue weighted by Crippen LogP contribution is 2.29. The third-order valence-corrected chi connectivity index (χ3v) is 4.40. The maximum atomic E-state index is 12.5. The van der Waals surface area contributed by atoms with Gasteiger partial charge in [-0.15, -0.1) is 11.3 Å². The molecule has 0 spiro atoms. The van der Waals surface area contributed by atoms with E-state index in [1.165, 1.54) is 23.5 Å². The van der Waals surface area contributed by atoms with E-state index in [9.17, 15) is 22.8 Å². The van der Waals surface area contributed by atoms with Crippen molar-refractivity contribution in [3.63, 3.8) is 0 Å². The minimum absolute atomic E-state index is 0.0434. The Morgan fingerprint density at radius 1 is 1.12 bits per heavy atom. The van der Waals surface area contributed by atoms with Crippen molar-refractivity contribution in [1.82, 2.24) is 5.32 Å². The van der Waals surface area contributed by atoms with Gasteiger partial charge in [0.15, 0.2) is 5.78 Å². The van der Waals surface area contributed by atoms with E-state index in [1.807, 2.05) is 0 Å². The van der Waals surface area contributed by atoms with Crippen LogP contribution in [0.25, 0.3) is 0 Å². The number of amides is 1. The molecular weight excluding hydrogens is 339 g/mol. The number of hydrogen-bond donors (Lipinski definition) is 1. The predicted octanol–water partition coefficient (Wildman–Crippen LogP) is 4.61. The molecule has 0 saturated carbocycles. The molecule has 0 radical (unpaired) electrons. The number of ketones is 1. The Labute approximate surface area is 141 Å². The summed E-state index contributed by atoms with van der Waals surface area (Å²) in [5, 5.41) is 4.48. The summed E-state index contributed by atoms with van der Waals surface area (Å²) in [4.78, 5) is 24.3. The summed E-state index contributed by atoms with van der Waals surface area (Å²) in [7, 11) is 0. The van der Waals surface area contributed by atoms with Crippen molar-refractivity contribution in [3.8, 4) is 0 Å². The van der Waals surface area contributed by atoms with Gasteiger partial charge in [-0.3, -0.25) is 9.59 Å². The zero-order chi connectivity index (χ0) is 17.7. The largest absolute Gasteiger partial charge is 0.416 e. The molecule has 1 N–H and O–H groups in total. The second-order valence-corrected chi connectivity index (χ2v) is 6.26. The second kappa shape index (κ2) is 7.61. The molecular formula is C17H16F3NO2S. The van der Waals surface area contributed by atoms with Crippen LogP contribution in [0.1, 0.15) is 46.6 Å². The van der Waals surface area contributed by atoms with Gasteiger partial charge in [0.2, 0.25) is 5.91 Å². The van der Waals surface area contributed by atoms with Crippen LogP contribution in [-0.4, -0.2) is 11.7 Å². The van der Waals surface area contributed by atoms with Crippen LogP contribution in [-0.2, 0) is 11.0 Å². The molecule has 2 rings (SSSR count). The monoisotopic (exact) mass is 355 g/mol. The van der Waals surface area contributed by atoms with E-state index in [1.54, 1.807) is 24.4 Å². The number of Topliss-reactive ketones (excluding diaryl/α,β-unsaturated/α-hetero) is 1. The SMILES string of the molecule is CC(NC(=O)CCC(=O)c1cccs1)c1ccc(C(F)(F)F)cc1. The predicted molar refractivity (Wildman–Crippen MR) is 85.9 cm³/mol. The first-order valence-corrected chi connectivity index (χ1v) is 8.18. The number of halogens is 3. The highest BCUT2D eigenvalue weighted by Gasteiger charge is 2.30. The van der Waals surface area contributed by atoms with E-state index in [0.717, 1.165) is 12.1 Å². The Hall–Kier alpha value is -2.15. The van der Waals surface area contributed by atoms with Crippen molar-refractivity contribution in [1.29, 1.82) is 0 Å². The van der Waals surface area contributed by atoms with E-state index in [4.69, 9.17) is 0 Å². The van der Waals surface area contributed by atoms with Crippen molar-refractivity contribution in [3.05, 3.63) is 57.8 Å². The highest BCUT2D eigenvalue weighted by molar-refractivity contribution is 7.12. The van der Waals surface area contributed by atoms with Crippen LogP contribution >= 0.6 is 11.3 Å². The number of hydrogen-bond acceptors (Lipinski definition) is 3. The third kappa shape index (κ3) is 4.92. The van der Waals surface area contributed by atoms with Gasteiger partial charge in [-0.1, -0.05) is 18.2 Å². The maximum absolute atomic E-state index is 12.5. The van der Waals surface area contributed by atoms with E-state index in [-0.39, 0.29) is 24.5 Å². The van der Waals surface area contributed by atoms with Gasteiger partial charge in [-0.2, -0.15) is 13.2 Å². The molecule has 1 atom stereocenters. The van der Waals surface area contributed by atoms with Gasteiger partial charge in [0, 0.05) is 12.8 Å². The fraction of sp³-hybridized carbons (Fsp3) is 0.294. The lowest BCUT2D eigenvalue weighted by molar-refractivity contribution is -0.137. The molecule has 0 aliphatic carbocycles. The first-order chi connectivity index (χ1) is 11.3. The van der Waals surface area contributed by atoms with Crippen LogP contribution in [0.3, 0.4) is 0 Å². The van der Waals surface area contributed by atoms with Gasteiger partial charge in [0.25, 0.3) is 0 Å². The molecule has 1 unspecified atom stereocenters. The first kappa shape index (κ1) is 18.2. The summed E-state index contributed by atoms with van der Waals surface area (Å²) >= 11 is 1.32. The van der Waals surface area contributed by atoms with Crippen LogP contribution in [0.4, 0.5) is 13.2 Å². The van der Waals surface area contributed by atoms with Crippen LogP contribution < -0.4 is 5.32 Å². The summed E-state index contributed by atoms with van der Waals surface area (Å²) < 4.78 is 37.6. The number of nitrogens with one attached hydrogen (secondary N) is 1. The second-order valence-electron chi connectivity index (χ2n) is 5.31.